The van der Waals surface area contributed by atoms with Gasteiger partial charge in [0, 0.05) is 36.2 Å². The van der Waals surface area contributed by atoms with Gasteiger partial charge in [0.15, 0.2) is 0 Å². The summed E-state index contributed by atoms with van der Waals surface area (Å²) in [4.78, 5) is 2.02. The lowest BCUT2D eigenvalue weighted by molar-refractivity contribution is 0.178. The van der Waals surface area contributed by atoms with Crippen molar-refractivity contribution in [2.24, 2.45) is 0 Å². The normalized spacial score (nSPS) is 12.2. The molecule has 106 valence electrons. The summed E-state index contributed by atoms with van der Waals surface area (Å²) in [6.07, 6.45) is -0.150. The molecule has 0 aliphatic rings. The van der Waals surface area contributed by atoms with Gasteiger partial charge in [-0.25, -0.2) is 0 Å². The first-order valence-corrected chi connectivity index (χ1v) is 7.12. The number of hydrogen-bond acceptors (Lipinski definition) is 2. The number of aliphatic hydroxyl groups excluding tert-OH is 1. The van der Waals surface area contributed by atoms with Crippen LogP contribution in [0.5, 0.6) is 0 Å². The van der Waals surface area contributed by atoms with Crippen LogP contribution < -0.4 is 4.90 Å². The number of benzene rings is 2. The highest BCUT2D eigenvalue weighted by Crippen LogP contribution is 2.27. The lowest BCUT2D eigenvalue weighted by atomic mass is 10.0. The van der Waals surface area contributed by atoms with E-state index in [1.54, 1.807) is 18.2 Å². The molecular weight excluding hydrogens is 293 g/mol. The zero-order valence-electron chi connectivity index (χ0n) is 11.5. The molecule has 1 unspecified atom stereocenters. The third kappa shape index (κ3) is 3.66. The molecule has 2 rings (SSSR count). The van der Waals surface area contributed by atoms with Crippen LogP contribution in [0.3, 0.4) is 0 Å². The van der Waals surface area contributed by atoms with Crippen molar-refractivity contribution in [3.8, 4) is 0 Å². The first-order valence-electron chi connectivity index (χ1n) is 6.36. The van der Waals surface area contributed by atoms with Gasteiger partial charge in [-0.1, -0.05) is 35.3 Å². The Balaban J connectivity index is 2.15. The standard InChI is InChI=1S/C16H17Cl2NO/c1-19(2)14-6-3-11(4-7-14)16(20)10-12-9-13(17)5-8-15(12)18/h3-9,16,20H,10H2,1-2H3. The summed E-state index contributed by atoms with van der Waals surface area (Å²) in [6, 6.07) is 13.1. The first kappa shape index (κ1) is 15.2. The van der Waals surface area contributed by atoms with Crippen molar-refractivity contribution in [1.29, 1.82) is 0 Å². The fourth-order valence-electron chi connectivity index (χ4n) is 2.02. The van der Waals surface area contributed by atoms with E-state index in [0.717, 1.165) is 16.8 Å². The maximum absolute atomic E-state index is 10.3. The minimum Gasteiger partial charge on any atom is -0.388 e. The highest BCUT2D eigenvalue weighted by molar-refractivity contribution is 6.33. The molecule has 0 saturated carbocycles. The lowest BCUT2D eigenvalue weighted by Gasteiger charge is -2.16. The van der Waals surface area contributed by atoms with E-state index in [1.807, 2.05) is 43.3 Å². The Labute approximate surface area is 129 Å². The molecule has 0 radical (unpaired) electrons. The van der Waals surface area contributed by atoms with E-state index in [4.69, 9.17) is 23.2 Å². The fraction of sp³-hybridized carbons (Fsp3) is 0.250. The largest absolute Gasteiger partial charge is 0.388 e. The van der Waals surface area contributed by atoms with Crippen LogP contribution in [0.4, 0.5) is 5.69 Å². The molecule has 0 amide bonds. The molecule has 20 heavy (non-hydrogen) atoms. The zero-order valence-corrected chi connectivity index (χ0v) is 13.0. The quantitative estimate of drug-likeness (QED) is 0.908. The molecule has 2 nitrogen and oxygen atoms in total. The van der Waals surface area contributed by atoms with Gasteiger partial charge in [0.2, 0.25) is 0 Å². The average Bonchev–Trinajstić information content (AvgIpc) is 2.43. The van der Waals surface area contributed by atoms with E-state index in [2.05, 4.69) is 0 Å². The first-order chi connectivity index (χ1) is 9.47. The molecular formula is C16H17Cl2NO. The van der Waals surface area contributed by atoms with Crippen LogP contribution in [0, 0.1) is 0 Å². The second-order valence-corrected chi connectivity index (χ2v) is 5.79. The molecule has 2 aromatic rings. The van der Waals surface area contributed by atoms with E-state index in [9.17, 15) is 5.11 Å². The van der Waals surface area contributed by atoms with Crippen molar-refractivity contribution in [1.82, 2.24) is 0 Å². The Morgan fingerprint density at radius 1 is 1.05 bits per heavy atom. The van der Waals surface area contributed by atoms with Crippen LogP contribution in [0.2, 0.25) is 10.0 Å². The van der Waals surface area contributed by atoms with Gasteiger partial charge in [-0.15, -0.1) is 0 Å². The second-order valence-electron chi connectivity index (χ2n) is 4.94. The molecule has 0 spiro atoms. The third-order valence-corrected chi connectivity index (χ3v) is 3.82. The molecule has 1 N–H and O–H groups in total. The SMILES string of the molecule is CN(C)c1ccc(C(O)Cc2cc(Cl)ccc2Cl)cc1. The molecule has 0 bridgehead atoms. The summed E-state index contributed by atoms with van der Waals surface area (Å²) in [7, 11) is 3.97. The average molecular weight is 310 g/mol. The van der Waals surface area contributed by atoms with Crippen LogP contribution in [0.25, 0.3) is 0 Å². The van der Waals surface area contributed by atoms with Gasteiger partial charge < -0.3 is 10.0 Å². The van der Waals surface area contributed by atoms with E-state index in [-0.39, 0.29) is 0 Å². The van der Waals surface area contributed by atoms with Crippen LogP contribution in [0.1, 0.15) is 17.2 Å². The summed E-state index contributed by atoms with van der Waals surface area (Å²) in [5.74, 6) is 0. The van der Waals surface area contributed by atoms with Gasteiger partial charge >= 0.3 is 0 Å². The number of anilines is 1. The van der Waals surface area contributed by atoms with Crippen LogP contribution >= 0.6 is 23.2 Å². The van der Waals surface area contributed by atoms with E-state index in [0.29, 0.717) is 16.5 Å². The lowest BCUT2D eigenvalue weighted by Crippen LogP contribution is -2.09. The summed E-state index contributed by atoms with van der Waals surface area (Å²) in [6.45, 7) is 0. The molecule has 4 heteroatoms. The Morgan fingerprint density at radius 3 is 2.30 bits per heavy atom. The third-order valence-electron chi connectivity index (χ3n) is 3.22. The zero-order chi connectivity index (χ0) is 14.7. The van der Waals surface area contributed by atoms with Gasteiger partial charge in [-0.2, -0.15) is 0 Å². The molecule has 0 aliphatic carbocycles. The molecule has 1 atom stereocenters. The van der Waals surface area contributed by atoms with E-state index in [1.165, 1.54) is 0 Å². The minimum absolute atomic E-state index is 0.445. The van der Waals surface area contributed by atoms with Gasteiger partial charge in [-0.05, 0) is 41.5 Å². The number of halogens is 2. The van der Waals surface area contributed by atoms with Gasteiger partial charge in [-0.3, -0.25) is 0 Å². The van der Waals surface area contributed by atoms with Gasteiger partial charge in [0.1, 0.15) is 0 Å². The topological polar surface area (TPSA) is 23.5 Å². The number of rotatable bonds is 4. The summed E-state index contributed by atoms with van der Waals surface area (Å²) in [5.41, 5.74) is 2.82. The Bertz CT molecular complexity index is 582. The van der Waals surface area contributed by atoms with Crippen molar-refractivity contribution in [2.45, 2.75) is 12.5 Å². The number of aliphatic hydroxyl groups is 1. The van der Waals surface area contributed by atoms with Crippen LogP contribution in [-0.2, 0) is 6.42 Å². The summed E-state index contributed by atoms with van der Waals surface area (Å²) >= 11 is 12.1. The summed E-state index contributed by atoms with van der Waals surface area (Å²) < 4.78 is 0. The second kappa shape index (κ2) is 6.49. The predicted octanol–water partition coefficient (Wildman–Crippen LogP) is 4.34. The summed E-state index contributed by atoms with van der Waals surface area (Å²) in [5, 5.41) is 11.6. The molecule has 2 aromatic carbocycles. The van der Waals surface area contributed by atoms with E-state index >= 15 is 0 Å². The Morgan fingerprint density at radius 2 is 1.70 bits per heavy atom. The van der Waals surface area contributed by atoms with E-state index < -0.39 is 6.10 Å². The smallest absolute Gasteiger partial charge is 0.0830 e. The van der Waals surface area contributed by atoms with Crippen LogP contribution in [-0.4, -0.2) is 19.2 Å². The monoisotopic (exact) mass is 309 g/mol. The van der Waals surface area contributed by atoms with Crippen molar-refractivity contribution in [3.05, 3.63) is 63.6 Å². The maximum atomic E-state index is 10.3. The minimum atomic E-state index is -0.595. The van der Waals surface area contributed by atoms with Crippen molar-refractivity contribution >= 4 is 28.9 Å². The predicted molar refractivity (Wildman–Crippen MR) is 85.9 cm³/mol. The van der Waals surface area contributed by atoms with Crippen molar-refractivity contribution in [2.75, 3.05) is 19.0 Å². The fourth-order valence-corrected chi connectivity index (χ4v) is 2.41. The maximum Gasteiger partial charge on any atom is 0.0830 e. The van der Waals surface area contributed by atoms with Gasteiger partial charge in [0.05, 0.1) is 6.10 Å². The van der Waals surface area contributed by atoms with Crippen molar-refractivity contribution < 1.29 is 5.11 Å². The number of nitrogens with zero attached hydrogens (tertiary/aromatic N) is 1. The Hall–Kier alpha value is -1.22. The number of hydrogen-bond donors (Lipinski definition) is 1. The highest BCUT2D eigenvalue weighted by atomic mass is 35.5. The van der Waals surface area contributed by atoms with Crippen LogP contribution in [0.15, 0.2) is 42.5 Å². The molecule has 0 heterocycles. The van der Waals surface area contributed by atoms with Gasteiger partial charge in [0.25, 0.3) is 0 Å². The molecule has 0 aliphatic heterocycles. The molecule has 0 saturated heterocycles. The molecule has 0 aromatic heterocycles. The Kier molecular flexibility index (Phi) is 4.92. The highest BCUT2D eigenvalue weighted by Gasteiger charge is 2.11. The van der Waals surface area contributed by atoms with Crippen molar-refractivity contribution in [3.63, 3.8) is 0 Å². The molecule has 0 fully saturated rings.